The smallest absolute Gasteiger partial charge is 0.263 e. The summed E-state index contributed by atoms with van der Waals surface area (Å²) in [6.45, 7) is 5.32. The Kier molecular flexibility index (Phi) is 8.11. The number of anilines is 1. The van der Waals surface area contributed by atoms with Crippen molar-refractivity contribution in [3.8, 4) is 0 Å². The second-order valence-corrected chi connectivity index (χ2v) is 11.0. The average molecular weight is 512 g/mol. The molecule has 3 aromatic rings. The van der Waals surface area contributed by atoms with E-state index in [1.807, 2.05) is 31.2 Å². The molecule has 0 aliphatic carbocycles. The van der Waals surface area contributed by atoms with Gasteiger partial charge in [-0.15, -0.1) is 0 Å². The number of aryl methyl sites for hydroxylation is 1. The van der Waals surface area contributed by atoms with Crippen molar-refractivity contribution in [3.05, 3.63) is 94.0 Å². The van der Waals surface area contributed by atoms with E-state index in [1.54, 1.807) is 12.1 Å². The van der Waals surface area contributed by atoms with Crippen molar-refractivity contribution >= 4 is 33.2 Å². The van der Waals surface area contributed by atoms with E-state index in [-0.39, 0.29) is 21.4 Å². The molecule has 0 unspecified atom stereocenters. The SMILES string of the molecule is Cc1ccccc1NS(=O)(=O)c1cc(C(=O)NCc2cccc(CN3CCCCC3)c2)ccc1Cl. The van der Waals surface area contributed by atoms with Crippen LogP contribution in [0.4, 0.5) is 5.69 Å². The average Bonchev–Trinajstić information content (AvgIpc) is 2.85. The summed E-state index contributed by atoms with van der Waals surface area (Å²) in [5.41, 5.74) is 3.69. The van der Waals surface area contributed by atoms with Crippen LogP contribution in [0.2, 0.25) is 5.02 Å². The molecule has 0 radical (unpaired) electrons. The van der Waals surface area contributed by atoms with Crippen molar-refractivity contribution in [1.82, 2.24) is 10.2 Å². The number of sulfonamides is 1. The summed E-state index contributed by atoms with van der Waals surface area (Å²) < 4.78 is 28.6. The number of nitrogens with zero attached hydrogens (tertiary/aromatic N) is 1. The molecule has 4 rings (SSSR count). The number of rotatable bonds is 8. The molecule has 35 heavy (non-hydrogen) atoms. The van der Waals surface area contributed by atoms with E-state index in [2.05, 4.69) is 27.1 Å². The molecule has 1 aliphatic heterocycles. The fraction of sp³-hybridized carbons (Fsp3) is 0.296. The molecule has 0 saturated carbocycles. The lowest BCUT2D eigenvalue weighted by atomic mass is 10.1. The fourth-order valence-electron chi connectivity index (χ4n) is 4.24. The number of benzene rings is 3. The van der Waals surface area contributed by atoms with E-state index in [1.165, 1.54) is 43.0 Å². The number of amides is 1. The third-order valence-corrected chi connectivity index (χ3v) is 8.02. The van der Waals surface area contributed by atoms with Gasteiger partial charge in [0.1, 0.15) is 4.90 Å². The third-order valence-electron chi connectivity index (χ3n) is 6.17. The first kappa shape index (κ1) is 25.2. The number of piperidine rings is 1. The predicted octanol–water partition coefficient (Wildman–Crippen LogP) is 5.37. The van der Waals surface area contributed by atoms with Crippen molar-refractivity contribution in [2.75, 3.05) is 17.8 Å². The Hall–Kier alpha value is -2.87. The van der Waals surface area contributed by atoms with Crippen molar-refractivity contribution in [1.29, 1.82) is 0 Å². The summed E-state index contributed by atoms with van der Waals surface area (Å²) in [7, 11) is -3.98. The first-order valence-electron chi connectivity index (χ1n) is 11.8. The van der Waals surface area contributed by atoms with Gasteiger partial charge in [0.2, 0.25) is 0 Å². The van der Waals surface area contributed by atoms with Gasteiger partial charge in [-0.25, -0.2) is 8.42 Å². The molecule has 3 aromatic carbocycles. The monoisotopic (exact) mass is 511 g/mol. The van der Waals surface area contributed by atoms with Crippen LogP contribution < -0.4 is 10.0 Å². The molecule has 0 atom stereocenters. The van der Waals surface area contributed by atoms with E-state index in [0.717, 1.165) is 30.8 Å². The van der Waals surface area contributed by atoms with Gasteiger partial charge < -0.3 is 5.32 Å². The number of nitrogens with one attached hydrogen (secondary N) is 2. The quantitative estimate of drug-likeness (QED) is 0.426. The minimum Gasteiger partial charge on any atom is -0.348 e. The topological polar surface area (TPSA) is 78.5 Å². The Morgan fingerprint density at radius 1 is 0.943 bits per heavy atom. The zero-order valence-electron chi connectivity index (χ0n) is 19.8. The molecule has 1 fully saturated rings. The lowest BCUT2D eigenvalue weighted by Gasteiger charge is -2.26. The summed E-state index contributed by atoms with van der Waals surface area (Å²) in [5, 5.41) is 2.94. The third kappa shape index (κ3) is 6.63. The van der Waals surface area contributed by atoms with E-state index < -0.39 is 10.0 Å². The van der Waals surface area contributed by atoms with Crippen LogP contribution in [0, 0.1) is 6.92 Å². The highest BCUT2D eigenvalue weighted by Gasteiger charge is 2.21. The minimum absolute atomic E-state index is 0.0491. The highest BCUT2D eigenvalue weighted by molar-refractivity contribution is 7.92. The lowest BCUT2D eigenvalue weighted by molar-refractivity contribution is 0.0950. The van der Waals surface area contributed by atoms with Gasteiger partial charge in [0, 0.05) is 18.7 Å². The van der Waals surface area contributed by atoms with Gasteiger partial charge in [-0.2, -0.15) is 0 Å². The van der Waals surface area contributed by atoms with Gasteiger partial charge >= 0.3 is 0 Å². The number of hydrogen-bond acceptors (Lipinski definition) is 4. The van der Waals surface area contributed by atoms with Crippen LogP contribution in [-0.2, 0) is 23.1 Å². The summed E-state index contributed by atoms with van der Waals surface area (Å²) in [4.78, 5) is 15.2. The lowest BCUT2D eigenvalue weighted by Crippen LogP contribution is -2.29. The minimum atomic E-state index is -3.98. The zero-order valence-corrected chi connectivity index (χ0v) is 21.3. The Morgan fingerprint density at radius 3 is 2.46 bits per heavy atom. The van der Waals surface area contributed by atoms with Gasteiger partial charge in [0.15, 0.2) is 0 Å². The van der Waals surface area contributed by atoms with Crippen LogP contribution in [-0.4, -0.2) is 32.3 Å². The van der Waals surface area contributed by atoms with Gasteiger partial charge in [-0.3, -0.25) is 14.4 Å². The van der Waals surface area contributed by atoms with E-state index in [9.17, 15) is 13.2 Å². The second-order valence-electron chi connectivity index (χ2n) is 8.91. The normalized spacial score (nSPS) is 14.5. The highest BCUT2D eigenvalue weighted by Crippen LogP contribution is 2.26. The largest absolute Gasteiger partial charge is 0.348 e. The molecule has 0 aromatic heterocycles. The fourth-order valence-corrected chi connectivity index (χ4v) is 5.89. The van der Waals surface area contributed by atoms with Crippen molar-refractivity contribution in [2.24, 2.45) is 0 Å². The van der Waals surface area contributed by atoms with E-state index in [4.69, 9.17) is 11.6 Å². The van der Waals surface area contributed by atoms with Gasteiger partial charge in [0.05, 0.1) is 10.7 Å². The number of halogens is 1. The molecule has 1 amide bonds. The number of carbonyl (C=O) groups excluding carboxylic acids is 1. The standard InChI is InChI=1S/C27H30ClN3O3S/c1-20-8-3-4-11-25(20)30-35(33,34)26-17-23(12-13-24(26)28)27(32)29-18-21-9-7-10-22(16-21)19-31-14-5-2-6-15-31/h3-4,7-13,16-17,30H,2,5-6,14-15,18-19H2,1H3,(H,29,32). The molecule has 1 heterocycles. The first-order chi connectivity index (χ1) is 16.8. The number of hydrogen-bond donors (Lipinski definition) is 2. The molecule has 0 spiro atoms. The van der Waals surface area contributed by atoms with Crippen LogP contribution in [0.15, 0.2) is 71.6 Å². The molecular weight excluding hydrogens is 482 g/mol. The number of para-hydroxylation sites is 1. The molecule has 1 saturated heterocycles. The van der Waals surface area contributed by atoms with Crippen molar-refractivity contribution in [2.45, 2.75) is 44.2 Å². The van der Waals surface area contributed by atoms with Gasteiger partial charge in [-0.1, -0.05) is 60.5 Å². The maximum Gasteiger partial charge on any atom is 0.263 e. The maximum atomic E-state index is 13.0. The van der Waals surface area contributed by atoms with Crippen LogP contribution in [0.3, 0.4) is 0 Å². The van der Waals surface area contributed by atoms with Crippen LogP contribution in [0.1, 0.15) is 46.3 Å². The van der Waals surface area contributed by atoms with E-state index in [0.29, 0.717) is 12.2 Å². The second kappa shape index (κ2) is 11.2. The Balaban J connectivity index is 1.43. The van der Waals surface area contributed by atoms with Crippen LogP contribution >= 0.6 is 11.6 Å². The zero-order chi connectivity index (χ0) is 24.8. The molecule has 2 N–H and O–H groups in total. The molecule has 184 valence electrons. The maximum absolute atomic E-state index is 13.0. The molecular formula is C27H30ClN3O3S. The molecule has 1 aliphatic rings. The Morgan fingerprint density at radius 2 is 1.69 bits per heavy atom. The van der Waals surface area contributed by atoms with Crippen LogP contribution in [0.5, 0.6) is 0 Å². The molecule has 6 nitrogen and oxygen atoms in total. The van der Waals surface area contributed by atoms with E-state index >= 15 is 0 Å². The van der Waals surface area contributed by atoms with Gasteiger partial charge in [0.25, 0.3) is 15.9 Å². The Labute approximate surface area is 212 Å². The van der Waals surface area contributed by atoms with Crippen LogP contribution in [0.25, 0.3) is 0 Å². The summed E-state index contributed by atoms with van der Waals surface area (Å²) in [6.07, 6.45) is 3.79. The predicted molar refractivity (Wildman–Crippen MR) is 140 cm³/mol. The van der Waals surface area contributed by atoms with Crippen molar-refractivity contribution in [3.63, 3.8) is 0 Å². The summed E-state index contributed by atoms with van der Waals surface area (Å²) in [5.74, 6) is -0.365. The molecule has 0 bridgehead atoms. The Bertz CT molecular complexity index is 1300. The summed E-state index contributed by atoms with van der Waals surface area (Å²) >= 11 is 6.21. The molecule has 8 heteroatoms. The van der Waals surface area contributed by atoms with Gasteiger partial charge in [-0.05, 0) is 73.8 Å². The van der Waals surface area contributed by atoms with Crippen molar-refractivity contribution < 1.29 is 13.2 Å². The summed E-state index contributed by atoms with van der Waals surface area (Å²) in [6, 6.07) is 19.5. The number of likely N-dealkylation sites (tertiary alicyclic amines) is 1. The highest BCUT2D eigenvalue weighted by atomic mass is 35.5. The number of carbonyl (C=O) groups is 1. The first-order valence-corrected chi connectivity index (χ1v) is 13.6.